The Morgan fingerprint density at radius 2 is 1.21 bits per heavy atom. The molecule has 0 unspecified atom stereocenters. The van der Waals surface area contributed by atoms with Crippen molar-refractivity contribution in [2.75, 3.05) is 66.7 Å². The first-order valence-electron chi connectivity index (χ1n) is 23.6. The van der Waals surface area contributed by atoms with Crippen molar-refractivity contribution in [2.24, 2.45) is 16.8 Å². The number of likely N-dealkylation sites (tertiary alicyclic amines) is 2. The fourth-order valence-corrected chi connectivity index (χ4v) is 8.66. The van der Waals surface area contributed by atoms with Gasteiger partial charge >= 0.3 is 5.97 Å². The van der Waals surface area contributed by atoms with Gasteiger partial charge in [0.25, 0.3) is 23.6 Å². The van der Waals surface area contributed by atoms with E-state index >= 15 is 0 Å². The molecule has 0 aliphatic carbocycles. The van der Waals surface area contributed by atoms with Gasteiger partial charge in [0.2, 0.25) is 23.5 Å². The van der Waals surface area contributed by atoms with Gasteiger partial charge in [0.05, 0.1) is 33.4 Å². The highest BCUT2D eigenvalue weighted by atomic mass is 16.5. The van der Waals surface area contributed by atoms with Crippen LogP contribution < -0.4 is 24.7 Å². The molecule has 0 radical (unpaired) electrons. The number of amidine groups is 1. The fourth-order valence-electron chi connectivity index (χ4n) is 8.66. The number of carbonyl (C=O) groups excluding carboxylic acids is 4. The van der Waals surface area contributed by atoms with Crippen molar-refractivity contribution in [2.45, 2.75) is 66.0 Å². The predicted molar refractivity (Wildman–Crippen MR) is 264 cm³/mol. The van der Waals surface area contributed by atoms with E-state index in [1.54, 1.807) is 45.0 Å². The largest absolute Gasteiger partial charge is 0.488 e. The minimum atomic E-state index is -0.794. The summed E-state index contributed by atoms with van der Waals surface area (Å²) in [5.41, 5.74) is 9.52. The monoisotopic (exact) mass is 1010 g/mol. The van der Waals surface area contributed by atoms with Gasteiger partial charge in [0, 0.05) is 56.3 Å². The predicted octanol–water partition coefficient (Wildman–Crippen LogP) is 5.09. The number of pyridine rings is 2. The zero-order chi connectivity index (χ0) is 51.3. The summed E-state index contributed by atoms with van der Waals surface area (Å²) in [6, 6.07) is 21.7. The standard InChI is InChI=1S/C25H27N5O5.C16H18N2O4.C9H13N3O3.CH4/c1-3-34-20-9-8-19(26-24(20)33-2)22-27-23(35-28-22)16-10-12-29(13-11-16)21(31)15-30-14-17-6-4-5-7-18(17)25(30)32;19-14(17-7-5-11(6-8-17)16(21)22)10-18-9-12-3-1-2-4-13(12)15(18)20;1-3-15-7-5-4-6(8(10)12-13)11-9(7)14-2;/h4-9,16H,3,10-15H2,1-2H3;1-4,11H,5-10H2,(H,21,22);4-5,13H,3H2,1-2H3,(H2,10,12);1H4. The van der Waals surface area contributed by atoms with E-state index in [1.165, 1.54) is 14.2 Å². The van der Waals surface area contributed by atoms with E-state index in [0.717, 1.165) is 11.1 Å². The molecule has 22 heteroatoms. The Bertz CT molecular complexity index is 2770. The van der Waals surface area contributed by atoms with Gasteiger partial charge in [0.15, 0.2) is 17.3 Å². The lowest BCUT2D eigenvalue weighted by Crippen LogP contribution is -2.45. The number of nitrogens with two attached hydrogens (primary N) is 1. The van der Waals surface area contributed by atoms with Crippen molar-refractivity contribution in [1.29, 1.82) is 0 Å². The summed E-state index contributed by atoms with van der Waals surface area (Å²) < 4.78 is 26.6. The molecule has 5 aromatic rings. The molecule has 2 fully saturated rings. The number of nitrogens with zero attached hydrogens (tertiary/aromatic N) is 9. The Morgan fingerprint density at radius 3 is 1.68 bits per heavy atom. The lowest BCUT2D eigenvalue weighted by Gasteiger charge is -2.31. The number of rotatable bonds is 14. The van der Waals surface area contributed by atoms with Crippen molar-refractivity contribution in [1.82, 2.24) is 39.7 Å². The number of amides is 4. The topological polar surface area (TPSA) is 279 Å². The molecule has 4 aliphatic heterocycles. The number of carbonyl (C=O) groups is 5. The highest BCUT2D eigenvalue weighted by Gasteiger charge is 2.34. The molecule has 4 aliphatic rings. The molecule has 0 bridgehead atoms. The summed E-state index contributed by atoms with van der Waals surface area (Å²) in [4.78, 5) is 80.5. The first-order chi connectivity index (χ1) is 34.8. The Hall–Kier alpha value is -8.30. The Kier molecular flexibility index (Phi) is 18.7. The number of aliphatic carboxylic acids is 1. The van der Waals surface area contributed by atoms with E-state index in [2.05, 4.69) is 25.3 Å². The van der Waals surface area contributed by atoms with Crippen molar-refractivity contribution in [3.8, 4) is 34.8 Å². The summed E-state index contributed by atoms with van der Waals surface area (Å²) in [7, 11) is 3.00. The third-order valence-electron chi connectivity index (χ3n) is 12.5. The van der Waals surface area contributed by atoms with Crippen molar-refractivity contribution in [3.63, 3.8) is 0 Å². The van der Waals surface area contributed by atoms with Crippen LogP contribution in [0.2, 0.25) is 0 Å². The fraction of sp³-hybridized carbons (Fsp3) is 0.412. The maximum atomic E-state index is 12.9. The van der Waals surface area contributed by atoms with Crippen LogP contribution in [-0.2, 0) is 27.5 Å². The van der Waals surface area contributed by atoms with Gasteiger partial charge in [-0.05, 0) is 87.1 Å². The zero-order valence-corrected chi connectivity index (χ0v) is 40.6. The number of benzene rings is 2. The number of piperidine rings is 2. The molecule has 388 valence electrons. The number of ether oxygens (including phenoxy) is 4. The normalized spacial score (nSPS) is 15.5. The number of carboxylic acids is 1. The van der Waals surface area contributed by atoms with Crippen LogP contribution in [0, 0.1) is 5.92 Å². The summed E-state index contributed by atoms with van der Waals surface area (Å²) in [5, 5.41) is 24.4. The molecule has 0 atom stereocenters. The summed E-state index contributed by atoms with van der Waals surface area (Å²) in [6.07, 6.45) is 2.38. The van der Waals surface area contributed by atoms with Gasteiger partial charge in [-0.25, -0.2) is 9.97 Å². The molecular formula is C51H62N10O12. The summed E-state index contributed by atoms with van der Waals surface area (Å²) in [5.74, 6) is 1.16. The van der Waals surface area contributed by atoms with Crippen molar-refractivity contribution < 1.29 is 57.8 Å². The second-order valence-corrected chi connectivity index (χ2v) is 17.0. The van der Waals surface area contributed by atoms with Gasteiger partial charge < -0.3 is 59.1 Å². The molecule has 0 spiro atoms. The first kappa shape index (κ1) is 54.0. The van der Waals surface area contributed by atoms with Gasteiger partial charge in [-0.2, -0.15) is 4.98 Å². The highest BCUT2D eigenvalue weighted by Crippen LogP contribution is 2.32. The minimum Gasteiger partial charge on any atom is -0.488 e. The number of hydrogen-bond donors (Lipinski definition) is 3. The molecule has 3 aromatic heterocycles. The van der Waals surface area contributed by atoms with Crippen molar-refractivity contribution >= 4 is 35.4 Å². The van der Waals surface area contributed by atoms with Crippen LogP contribution in [0.1, 0.15) is 96.3 Å². The number of hydrogen-bond acceptors (Lipinski definition) is 16. The number of aromatic nitrogens is 4. The SMILES string of the molecule is C.CCOc1ccc(-c2noc(C3CCN(C(=O)CN4Cc5ccccc5C4=O)CC3)n2)nc1OC.CCOc1ccc(/C(N)=N/O)nc1OC.O=C(O)C1CCN(C(=O)CN2Cc3ccccc3C2=O)CC1. The van der Waals surface area contributed by atoms with Gasteiger partial charge in [-0.15, -0.1) is 0 Å². The molecule has 2 aromatic carbocycles. The van der Waals surface area contributed by atoms with Crippen LogP contribution in [0.25, 0.3) is 11.5 Å². The number of methoxy groups -OCH3 is 2. The van der Waals surface area contributed by atoms with E-state index in [-0.39, 0.29) is 61.8 Å². The van der Waals surface area contributed by atoms with Crippen LogP contribution in [0.3, 0.4) is 0 Å². The molecule has 22 nitrogen and oxygen atoms in total. The summed E-state index contributed by atoms with van der Waals surface area (Å²) in [6.45, 7) is 7.91. The molecule has 7 heterocycles. The quantitative estimate of drug-likeness (QED) is 0.0566. The Morgan fingerprint density at radius 1 is 0.712 bits per heavy atom. The maximum absolute atomic E-state index is 12.9. The first-order valence-corrected chi connectivity index (χ1v) is 23.6. The molecule has 0 saturated carbocycles. The van der Waals surface area contributed by atoms with Gasteiger partial charge in [-0.3, -0.25) is 24.0 Å². The lowest BCUT2D eigenvalue weighted by atomic mass is 9.96. The smallest absolute Gasteiger partial charge is 0.306 e. The van der Waals surface area contributed by atoms with Gasteiger partial charge in [0.1, 0.15) is 24.5 Å². The molecule has 4 amide bonds. The zero-order valence-electron chi connectivity index (χ0n) is 40.6. The van der Waals surface area contributed by atoms with E-state index in [4.69, 9.17) is 39.5 Å². The second kappa shape index (κ2) is 25.2. The Labute approximate surface area is 422 Å². The average molecular weight is 1010 g/mol. The highest BCUT2D eigenvalue weighted by molar-refractivity contribution is 6.01. The third-order valence-corrected chi connectivity index (χ3v) is 12.5. The third kappa shape index (κ3) is 13.0. The maximum Gasteiger partial charge on any atom is 0.306 e. The molecular weight excluding hydrogens is 945 g/mol. The second-order valence-electron chi connectivity index (χ2n) is 17.0. The number of carboxylic acid groups (broad SMARTS) is 1. The average Bonchev–Trinajstić information content (AvgIpc) is 4.12. The van der Waals surface area contributed by atoms with Crippen LogP contribution >= 0.6 is 0 Å². The van der Waals surface area contributed by atoms with E-state index in [0.29, 0.717) is 136 Å². The lowest BCUT2D eigenvalue weighted by molar-refractivity contribution is -0.145. The molecule has 2 saturated heterocycles. The van der Waals surface area contributed by atoms with E-state index in [9.17, 15) is 24.0 Å². The minimum absolute atomic E-state index is 0. The van der Waals surface area contributed by atoms with E-state index in [1.807, 2.05) is 61.2 Å². The van der Waals surface area contributed by atoms with E-state index < -0.39 is 5.97 Å². The number of fused-ring (bicyclic) bond motifs is 2. The molecule has 9 rings (SSSR count). The summed E-state index contributed by atoms with van der Waals surface area (Å²) >= 11 is 0. The molecule has 73 heavy (non-hydrogen) atoms. The van der Waals surface area contributed by atoms with Crippen LogP contribution in [0.4, 0.5) is 0 Å². The molecule has 4 N–H and O–H groups in total. The van der Waals surface area contributed by atoms with Crippen LogP contribution in [0.5, 0.6) is 23.3 Å². The Balaban J connectivity index is 0.000000196. The van der Waals surface area contributed by atoms with Crippen LogP contribution in [-0.4, -0.2) is 152 Å². The van der Waals surface area contributed by atoms with Crippen LogP contribution in [0.15, 0.2) is 82.5 Å². The number of oxime groups is 1. The van der Waals surface area contributed by atoms with Gasteiger partial charge in [-0.1, -0.05) is 54.1 Å². The van der Waals surface area contributed by atoms with Crippen molar-refractivity contribution in [3.05, 3.63) is 107 Å².